The molecule has 0 fully saturated rings. The predicted octanol–water partition coefficient (Wildman–Crippen LogP) is 2.04. The Kier molecular flexibility index (Phi) is 4.41. The second-order valence-corrected chi connectivity index (χ2v) is 4.92. The second-order valence-electron chi connectivity index (χ2n) is 4.00. The standard InChI is InChI=1S/C14H12BrN3O/c1-18-8-6-12(7-9-18)14(19)17-16-10-11-2-4-13(15)5-3-11/h2-10H,1H3/p+1. The minimum absolute atomic E-state index is 0.228. The van der Waals surface area contributed by atoms with Crippen molar-refractivity contribution in [3.05, 3.63) is 64.4 Å². The van der Waals surface area contributed by atoms with E-state index < -0.39 is 0 Å². The number of hydrogen-bond donors (Lipinski definition) is 1. The SMILES string of the molecule is C[n+]1ccc(C(=O)NN=Cc2ccc(Br)cc2)cc1. The van der Waals surface area contributed by atoms with Gasteiger partial charge in [0.05, 0.1) is 11.8 Å². The molecule has 0 atom stereocenters. The van der Waals surface area contributed by atoms with Crippen LogP contribution in [0.15, 0.2) is 58.4 Å². The third-order valence-electron chi connectivity index (χ3n) is 2.49. The van der Waals surface area contributed by atoms with Crippen LogP contribution in [0.4, 0.5) is 0 Å². The number of pyridine rings is 1. The zero-order valence-corrected chi connectivity index (χ0v) is 12.0. The molecule has 1 heterocycles. The number of hydrazone groups is 1. The van der Waals surface area contributed by atoms with E-state index in [0.717, 1.165) is 10.0 Å². The quantitative estimate of drug-likeness (QED) is 0.525. The molecule has 4 nitrogen and oxygen atoms in total. The lowest BCUT2D eigenvalue weighted by Crippen LogP contribution is -2.27. The normalized spacial score (nSPS) is 10.6. The first kappa shape index (κ1) is 13.4. The zero-order chi connectivity index (χ0) is 13.7. The average Bonchev–Trinajstić information content (AvgIpc) is 2.41. The summed E-state index contributed by atoms with van der Waals surface area (Å²) in [7, 11) is 1.90. The van der Waals surface area contributed by atoms with E-state index in [1.165, 1.54) is 0 Å². The fourth-order valence-electron chi connectivity index (χ4n) is 1.43. The minimum Gasteiger partial charge on any atom is -0.267 e. The highest BCUT2D eigenvalue weighted by atomic mass is 79.9. The summed E-state index contributed by atoms with van der Waals surface area (Å²) in [6.07, 6.45) is 5.23. The number of aromatic nitrogens is 1. The van der Waals surface area contributed by atoms with Gasteiger partial charge in [0.1, 0.15) is 7.05 Å². The van der Waals surface area contributed by atoms with Gasteiger partial charge < -0.3 is 0 Å². The smallest absolute Gasteiger partial charge is 0.267 e. The van der Waals surface area contributed by atoms with Crippen LogP contribution in [0.25, 0.3) is 0 Å². The lowest BCUT2D eigenvalue weighted by Gasteiger charge is -1.98. The minimum atomic E-state index is -0.228. The van der Waals surface area contributed by atoms with Gasteiger partial charge in [-0.2, -0.15) is 5.10 Å². The Morgan fingerprint density at radius 1 is 1.21 bits per heavy atom. The van der Waals surface area contributed by atoms with Gasteiger partial charge in [-0.1, -0.05) is 28.1 Å². The second kappa shape index (κ2) is 6.24. The molecular weight excluding hydrogens is 306 g/mol. The third-order valence-corrected chi connectivity index (χ3v) is 3.02. The molecule has 2 rings (SSSR count). The van der Waals surface area contributed by atoms with Gasteiger partial charge in [0.2, 0.25) is 0 Å². The number of carbonyl (C=O) groups is 1. The van der Waals surface area contributed by atoms with Gasteiger partial charge in [-0.15, -0.1) is 0 Å². The van der Waals surface area contributed by atoms with Gasteiger partial charge in [0.25, 0.3) is 5.91 Å². The molecule has 5 heteroatoms. The number of hydrogen-bond acceptors (Lipinski definition) is 2. The van der Waals surface area contributed by atoms with Crippen LogP contribution in [0, 0.1) is 0 Å². The monoisotopic (exact) mass is 318 g/mol. The molecule has 0 aliphatic carbocycles. The van der Waals surface area contributed by atoms with E-state index >= 15 is 0 Å². The molecule has 0 saturated heterocycles. The van der Waals surface area contributed by atoms with Gasteiger partial charge in [0.15, 0.2) is 12.4 Å². The van der Waals surface area contributed by atoms with E-state index in [1.54, 1.807) is 18.3 Å². The molecular formula is C14H13BrN3O+. The van der Waals surface area contributed by atoms with Crippen LogP contribution < -0.4 is 9.99 Å². The molecule has 96 valence electrons. The first-order chi connectivity index (χ1) is 9.15. The molecule has 0 bridgehead atoms. The lowest BCUT2D eigenvalue weighted by atomic mass is 10.2. The molecule has 1 aromatic heterocycles. The third kappa shape index (κ3) is 3.99. The summed E-state index contributed by atoms with van der Waals surface area (Å²) in [5, 5.41) is 3.92. The number of halogens is 1. The van der Waals surface area contributed by atoms with Gasteiger partial charge in [-0.3, -0.25) is 4.79 Å². The Morgan fingerprint density at radius 3 is 2.47 bits per heavy atom. The summed E-state index contributed by atoms with van der Waals surface area (Å²) in [5.74, 6) is -0.228. The Hall–Kier alpha value is -2.01. The highest BCUT2D eigenvalue weighted by Crippen LogP contribution is 2.08. The maximum absolute atomic E-state index is 11.8. The van der Waals surface area contributed by atoms with Gasteiger partial charge in [-0.05, 0) is 17.7 Å². The highest BCUT2D eigenvalue weighted by molar-refractivity contribution is 9.10. The van der Waals surface area contributed by atoms with Crippen molar-refractivity contribution in [3.8, 4) is 0 Å². The first-order valence-corrected chi connectivity index (χ1v) is 6.49. The van der Waals surface area contributed by atoms with Crippen molar-refractivity contribution >= 4 is 28.1 Å². The van der Waals surface area contributed by atoms with Crippen molar-refractivity contribution in [1.82, 2.24) is 5.43 Å². The topological polar surface area (TPSA) is 45.3 Å². The van der Waals surface area contributed by atoms with Crippen LogP contribution in [-0.2, 0) is 7.05 Å². The largest absolute Gasteiger partial charge is 0.271 e. The first-order valence-electron chi connectivity index (χ1n) is 5.69. The van der Waals surface area contributed by atoms with Crippen molar-refractivity contribution in [1.29, 1.82) is 0 Å². The molecule has 0 radical (unpaired) electrons. The van der Waals surface area contributed by atoms with Crippen LogP contribution in [0.2, 0.25) is 0 Å². The summed E-state index contributed by atoms with van der Waals surface area (Å²) in [5.41, 5.74) is 3.99. The maximum Gasteiger partial charge on any atom is 0.271 e. The number of aryl methyl sites for hydroxylation is 1. The van der Waals surface area contributed by atoms with E-state index in [9.17, 15) is 4.79 Å². The van der Waals surface area contributed by atoms with Crippen molar-refractivity contribution in [3.63, 3.8) is 0 Å². The van der Waals surface area contributed by atoms with E-state index in [0.29, 0.717) is 5.56 Å². The van der Waals surface area contributed by atoms with Crippen molar-refractivity contribution in [2.45, 2.75) is 0 Å². The molecule has 1 aromatic carbocycles. The van der Waals surface area contributed by atoms with E-state index in [4.69, 9.17) is 0 Å². The molecule has 0 aliphatic heterocycles. The summed E-state index contributed by atoms with van der Waals surface area (Å²) in [6, 6.07) is 11.1. The molecule has 2 aromatic rings. The fourth-order valence-corrected chi connectivity index (χ4v) is 1.70. The highest BCUT2D eigenvalue weighted by Gasteiger charge is 2.04. The van der Waals surface area contributed by atoms with Crippen LogP contribution in [0.5, 0.6) is 0 Å². The molecule has 1 N–H and O–H groups in total. The van der Waals surface area contributed by atoms with Crippen molar-refractivity contribution < 1.29 is 9.36 Å². The molecule has 0 saturated carbocycles. The number of nitrogens with zero attached hydrogens (tertiary/aromatic N) is 2. The van der Waals surface area contributed by atoms with E-state index in [-0.39, 0.29) is 5.91 Å². The molecule has 0 aliphatic rings. The van der Waals surface area contributed by atoms with Gasteiger partial charge in [-0.25, -0.2) is 9.99 Å². The van der Waals surface area contributed by atoms with Gasteiger partial charge >= 0.3 is 0 Å². The molecule has 0 spiro atoms. The summed E-state index contributed by atoms with van der Waals surface area (Å²) in [4.78, 5) is 11.8. The Bertz CT molecular complexity index is 591. The number of nitrogens with one attached hydrogen (secondary N) is 1. The number of amides is 1. The predicted molar refractivity (Wildman–Crippen MR) is 76.8 cm³/mol. The van der Waals surface area contributed by atoms with Crippen LogP contribution in [0.1, 0.15) is 15.9 Å². The summed E-state index contributed by atoms with van der Waals surface area (Å²) >= 11 is 3.36. The van der Waals surface area contributed by atoms with Crippen molar-refractivity contribution in [2.24, 2.45) is 12.1 Å². The van der Waals surface area contributed by atoms with Gasteiger partial charge in [0, 0.05) is 16.6 Å². The summed E-state index contributed by atoms with van der Waals surface area (Å²) < 4.78 is 2.87. The van der Waals surface area contributed by atoms with E-state index in [2.05, 4.69) is 26.5 Å². The number of benzene rings is 1. The Labute approximate surface area is 119 Å². The zero-order valence-electron chi connectivity index (χ0n) is 10.4. The average molecular weight is 319 g/mol. The summed E-state index contributed by atoms with van der Waals surface area (Å²) in [6.45, 7) is 0. The van der Waals surface area contributed by atoms with E-state index in [1.807, 2.05) is 48.3 Å². The Morgan fingerprint density at radius 2 is 1.84 bits per heavy atom. The van der Waals surface area contributed by atoms with Crippen LogP contribution >= 0.6 is 15.9 Å². The molecule has 19 heavy (non-hydrogen) atoms. The maximum atomic E-state index is 11.8. The fraction of sp³-hybridized carbons (Fsp3) is 0.0714. The number of rotatable bonds is 3. The van der Waals surface area contributed by atoms with Crippen LogP contribution in [-0.4, -0.2) is 12.1 Å². The lowest BCUT2D eigenvalue weighted by molar-refractivity contribution is -0.671. The van der Waals surface area contributed by atoms with Crippen LogP contribution in [0.3, 0.4) is 0 Å². The molecule has 0 unspecified atom stereocenters. The number of carbonyl (C=O) groups excluding carboxylic acids is 1. The van der Waals surface area contributed by atoms with Crippen molar-refractivity contribution in [2.75, 3.05) is 0 Å². The molecule has 1 amide bonds. The Balaban J connectivity index is 1.96.